The first-order valence-electron chi connectivity index (χ1n) is 16.1. The molecular formula is C37H36F3N5O5. The number of hydrogen-bond donors (Lipinski definition) is 1. The third-order valence-corrected chi connectivity index (χ3v) is 8.16. The van der Waals surface area contributed by atoms with Crippen molar-refractivity contribution in [3.05, 3.63) is 108 Å². The lowest BCUT2D eigenvalue weighted by atomic mass is 10.2. The van der Waals surface area contributed by atoms with Crippen LogP contribution in [0.2, 0.25) is 0 Å². The van der Waals surface area contributed by atoms with Gasteiger partial charge in [0.05, 0.1) is 23.5 Å². The van der Waals surface area contributed by atoms with Gasteiger partial charge in [-0.15, -0.1) is 13.2 Å². The van der Waals surface area contributed by atoms with E-state index in [4.69, 9.17) is 9.47 Å². The Morgan fingerprint density at radius 3 is 2.18 bits per heavy atom. The molecule has 50 heavy (non-hydrogen) atoms. The van der Waals surface area contributed by atoms with Crippen molar-refractivity contribution in [2.45, 2.75) is 32.9 Å². The van der Waals surface area contributed by atoms with Crippen LogP contribution in [0.15, 0.2) is 91.1 Å². The second-order valence-corrected chi connectivity index (χ2v) is 12.2. The highest BCUT2D eigenvalue weighted by molar-refractivity contribution is 6.04. The summed E-state index contributed by atoms with van der Waals surface area (Å²) >= 11 is 0. The summed E-state index contributed by atoms with van der Waals surface area (Å²) in [6, 6.07) is 23.3. The van der Waals surface area contributed by atoms with Crippen LogP contribution >= 0.6 is 0 Å². The number of alkyl halides is 3. The molecule has 0 bridgehead atoms. The average molecular weight is 688 g/mol. The molecule has 3 aromatic carbocycles. The van der Waals surface area contributed by atoms with Crippen LogP contribution in [0.1, 0.15) is 40.3 Å². The molecule has 1 saturated heterocycles. The monoisotopic (exact) mass is 687 g/mol. The van der Waals surface area contributed by atoms with E-state index in [9.17, 15) is 22.8 Å². The summed E-state index contributed by atoms with van der Waals surface area (Å²) in [5, 5.41) is 3.54. The van der Waals surface area contributed by atoms with Crippen molar-refractivity contribution < 1.29 is 37.0 Å². The predicted octanol–water partition coefficient (Wildman–Crippen LogP) is 7.26. The second-order valence-electron chi connectivity index (χ2n) is 12.2. The summed E-state index contributed by atoms with van der Waals surface area (Å²) in [7, 11) is 1.86. The average Bonchev–Trinajstić information content (AvgIpc) is 3.41. The number of benzene rings is 3. The molecule has 0 radical (unpaired) electrons. The Hall–Kier alpha value is -5.56. The van der Waals surface area contributed by atoms with Gasteiger partial charge in [-0.05, 0) is 80.1 Å². The van der Waals surface area contributed by atoms with Crippen molar-refractivity contribution in [2.24, 2.45) is 7.05 Å². The maximum atomic E-state index is 13.6. The molecular weight excluding hydrogens is 651 g/mol. The highest BCUT2D eigenvalue weighted by atomic mass is 19.4. The Balaban J connectivity index is 1.03. The molecule has 6 rings (SSSR count). The number of aromatic nitrogens is 2. The quantitative estimate of drug-likeness (QED) is 0.165. The van der Waals surface area contributed by atoms with Crippen LogP contribution in [0.5, 0.6) is 23.1 Å². The Morgan fingerprint density at radius 1 is 0.860 bits per heavy atom. The number of halogens is 3. The Bertz CT molecular complexity index is 1950. The fourth-order valence-corrected chi connectivity index (χ4v) is 5.70. The van der Waals surface area contributed by atoms with Gasteiger partial charge in [0.25, 0.3) is 11.8 Å². The van der Waals surface area contributed by atoms with Gasteiger partial charge in [0, 0.05) is 62.9 Å². The molecule has 1 aliphatic heterocycles. The van der Waals surface area contributed by atoms with Gasteiger partial charge in [0.15, 0.2) is 0 Å². The molecule has 260 valence electrons. The molecule has 3 heterocycles. The summed E-state index contributed by atoms with van der Waals surface area (Å²) in [5.74, 6) is 0.678. The van der Waals surface area contributed by atoms with Gasteiger partial charge in [0.2, 0.25) is 5.88 Å². The molecule has 0 spiro atoms. The lowest BCUT2D eigenvalue weighted by Gasteiger charge is -2.34. The minimum absolute atomic E-state index is 0.0223. The van der Waals surface area contributed by atoms with Crippen LogP contribution in [0.3, 0.4) is 0 Å². The van der Waals surface area contributed by atoms with E-state index in [1.165, 1.54) is 23.9 Å². The third-order valence-electron chi connectivity index (χ3n) is 8.16. The van der Waals surface area contributed by atoms with Gasteiger partial charge in [-0.3, -0.25) is 14.5 Å². The zero-order valence-corrected chi connectivity index (χ0v) is 27.7. The SMILES string of the molecule is CC(C)Oc1ccc(CN2CCN(C(=O)c3cc4ccc(Oc5ccc(NC(=O)c6ccc(OC(F)(F)F)cc6)cn5)cc4n3C)CC2)cc1. The standard InChI is InChI=1S/C37H36F3N5O5/c1-24(2)48-29-10-4-25(5-11-29)23-44-16-18-45(19-17-44)36(47)33-20-27-8-14-31(21-32(27)43(33)3)49-34-15-9-28(22-41-34)42-35(46)26-6-12-30(13-7-26)50-37(38,39)40/h4-15,20-22,24H,16-19,23H2,1-3H3,(H,42,46). The number of piperazine rings is 1. The first kappa shape index (κ1) is 34.3. The first-order chi connectivity index (χ1) is 23.9. The number of aryl methyl sites for hydroxylation is 1. The number of anilines is 1. The summed E-state index contributed by atoms with van der Waals surface area (Å²) in [6.45, 7) is 7.65. The van der Waals surface area contributed by atoms with E-state index in [1.54, 1.807) is 18.2 Å². The number of ether oxygens (including phenoxy) is 3. The van der Waals surface area contributed by atoms with E-state index in [0.29, 0.717) is 30.2 Å². The normalized spacial score (nSPS) is 13.8. The third kappa shape index (κ3) is 8.53. The van der Waals surface area contributed by atoms with Gasteiger partial charge in [-0.25, -0.2) is 4.98 Å². The van der Waals surface area contributed by atoms with Crippen LogP contribution in [0, 0.1) is 0 Å². The van der Waals surface area contributed by atoms with Crippen LogP contribution in [-0.4, -0.2) is 69.8 Å². The van der Waals surface area contributed by atoms with Crippen molar-refractivity contribution in [1.82, 2.24) is 19.4 Å². The number of rotatable bonds is 10. The minimum atomic E-state index is -4.82. The topological polar surface area (TPSA) is 98.2 Å². The van der Waals surface area contributed by atoms with Crippen molar-refractivity contribution in [3.63, 3.8) is 0 Å². The van der Waals surface area contributed by atoms with E-state index in [2.05, 4.69) is 32.1 Å². The fourth-order valence-electron chi connectivity index (χ4n) is 5.70. The molecule has 0 atom stereocenters. The number of nitrogens with zero attached hydrogens (tertiary/aromatic N) is 4. The second kappa shape index (κ2) is 14.5. The number of amides is 2. The number of hydrogen-bond acceptors (Lipinski definition) is 7. The van der Waals surface area contributed by atoms with Crippen LogP contribution < -0.4 is 19.5 Å². The van der Waals surface area contributed by atoms with Crippen LogP contribution in [-0.2, 0) is 13.6 Å². The van der Waals surface area contributed by atoms with Crippen molar-refractivity contribution in [2.75, 3.05) is 31.5 Å². The minimum Gasteiger partial charge on any atom is -0.491 e. The molecule has 10 nitrogen and oxygen atoms in total. The molecule has 0 aliphatic carbocycles. The van der Waals surface area contributed by atoms with Gasteiger partial charge >= 0.3 is 6.36 Å². The van der Waals surface area contributed by atoms with E-state index in [-0.39, 0.29) is 23.5 Å². The Labute approximate surface area is 287 Å². The van der Waals surface area contributed by atoms with E-state index < -0.39 is 18.0 Å². The molecule has 5 aromatic rings. The maximum Gasteiger partial charge on any atom is 0.573 e. The maximum absolute atomic E-state index is 13.6. The highest BCUT2D eigenvalue weighted by Gasteiger charge is 2.31. The van der Waals surface area contributed by atoms with Crippen LogP contribution in [0.25, 0.3) is 10.9 Å². The first-order valence-corrected chi connectivity index (χ1v) is 16.1. The number of carbonyl (C=O) groups is 2. The number of nitrogens with one attached hydrogen (secondary N) is 1. The van der Waals surface area contributed by atoms with E-state index in [0.717, 1.165) is 48.4 Å². The van der Waals surface area contributed by atoms with Gasteiger partial charge in [-0.2, -0.15) is 0 Å². The van der Waals surface area contributed by atoms with Crippen LogP contribution in [0.4, 0.5) is 18.9 Å². The fraction of sp³-hybridized carbons (Fsp3) is 0.270. The Kier molecular flexibility index (Phi) is 9.95. The molecule has 1 N–H and O–H groups in total. The molecule has 13 heteroatoms. The molecule has 0 unspecified atom stereocenters. The lowest BCUT2D eigenvalue weighted by molar-refractivity contribution is -0.274. The smallest absolute Gasteiger partial charge is 0.491 e. The molecule has 2 aromatic heterocycles. The highest BCUT2D eigenvalue weighted by Crippen LogP contribution is 2.28. The summed E-state index contributed by atoms with van der Waals surface area (Å²) in [6.07, 6.45) is -3.28. The number of carbonyl (C=O) groups excluding carboxylic acids is 2. The molecule has 0 saturated carbocycles. The largest absolute Gasteiger partial charge is 0.573 e. The molecule has 2 amide bonds. The summed E-state index contributed by atoms with van der Waals surface area (Å²) in [5.41, 5.74) is 3.13. The zero-order chi connectivity index (χ0) is 35.4. The summed E-state index contributed by atoms with van der Waals surface area (Å²) in [4.78, 5) is 34.6. The van der Waals surface area contributed by atoms with E-state index >= 15 is 0 Å². The zero-order valence-electron chi connectivity index (χ0n) is 27.7. The molecule has 1 fully saturated rings. The predicted molar refractivity (Wildman–Crippen MR) is 182 cm³/mol. The Morgan fingerprint density at radius 2 is 1.54 bits per heavy atom. The molecule has 1 aliphatic rings. The number of pyridine rings is 1. The van der Waals surface area contributed by atoms with Crippen molar-refractivity contribution in [3.8, 4) is 23.1 Å². The summed E-state index contributed by atoms with van der Waals surface area (Å²) < 4.78 is 54.6. The van der Waals surface area contributed by atoms with Gasteiger partial charge < -0.3 is 29.0 Å². The van der Waals surface area contributed by atoms with Crippen molar-refractivity contribution >= 4 is 28.4 Å². The lowest BCUT2D eigenvalue weighted by Crippen LogP contribution is -2.48. The van der Waals surface area contributed by atoms with Gasteiger partial charge in [-0.1, -0.05) is 12.1 Å². The number of fused-ring (bicyclic) bond motifs is 1. The van der Waals surface area contributed by atoms with Crippen molar-refractivity contribution in [1.29, 1.82) is 0 Å². The van der Waals surface area contributed by atoms with Gasteiger partial charge in [0.1, 0.15) is 22.9 Å². The van der Waals surface area contributed by atoms with E-state index in [1.807, 2.05) is 60.7 Å².